The number of aromatic carboxylic acids is 4. The number of carboxylic acids is 4. The molecule has 0 bridgehead atoms. The van der Waals surface area contributed by atoms with Crippen molar-refractivity contribution in [3.63, 3.8) is 0 Å². The molecular weight excluding hydrogens is 644 g/mol. The van der Waals surface area contributed by atoms with Crippen LogP contribution in [0.1, 0.15) is 41.4 Å². The van der Waals surface area contributed by atoms with Crippen LogP contribution < -0.4 is 11.3 Å². The second-order valence-corrected chi connectivity index (χ2v) is 11.3. The standard InChI is InChI=1S/C29H18N4O13S/c30-12-2-1-10-3-13(47(44,45)46)7-21(14(10)6-12)32-33-24-16-9-18(28(40)41)17(27(38)39)8-15(16)22(25(35)31-24)19-4-11(26(36)37)5-20(23(19)34)29(42)43/h1-9,34H,30H2,(H,31,35)(H,36,37)(H,38,39)(H,40,41)(H,42,43)(H,44,45,46). The first kappa shape index (κ1) is 31.8. The lowest BCUT2D eigenvalue weighted by Gasteiger charge is -2.14. The summed E-state index contributed by atoms with van der Waals surface area (Å²) in [6.45, 7) is 0. The number of azo groups is 1. The average Bonchev–Trinajstić information content (AvgIpc) is 2.98. The Morgan fingerprint density at radius 2 is 1.34 bits per heavy atom. The summed E-state index contributed by atoms with van der Waals surface area (Å²) in [5, 5.41) is 57.1. The third kappa shape index (κ3) is 5.79. The van der Waals surface area contributed by atoms with E-state index in [1.54, 1.807) is 0 Å². The van der Waals surface area contributed by atoms with Crippen LogP contribution in [0.25, 0.3) is 32.7 Å². The molecule has 238 valence electrons. The Morgan fingerprint density at radius 1 is 0.723 bits per heavy atom. The highest BCUT2D eigenvalue weighted by molar-refractivity contribution is 7.85. The van der Waals surface area contributed by atoms with E-state index in [9.17, 15) is 62.5 Å². The van der Waals surface area contributed by atoms with Gasteiger partial charge in [-0.25, -0.2) is 19.2 Å². The van der Waals surface area contributed by atoms with Crippen LogP contribution in [0, 0.1) is 0 Å². The van der Waals surface area contributed by atoms with E-state index in [0.29, 0.717) is 6.07 Å². The van der Waals surface area contributed by atoms with E-state index in [-0.39, 0.29) is 27.5 Å². The molecule has 0 aliphatic heterocycles. The van der Waals surface area contributed by atoms with Gasteiger partial charge in [0.15, 0.2) is 5.82 Å². The van der Waals surface area contributed by atoms with E-state index in [1.807, 2.05) is 0 Å². The molecule has 0 saturated heterocycles. The van der Waals surface area contributed by atoms with Gasteiger partial charge in [-0.2, -0.15) is 8.42 Å². The maximum Gasteiger partial charge on any atom is 0.339 e. The monoisotopic (exact) mass is 662 g/mol. The summed E-state index contributed by atoms with van der Waals surface area (Å²) in [4.78, 5) is 62.9. The number of aromatic nitrogens is 1. The number of nitrogens with zero attached hydrogens (tertiary/aromatic N) is 2. The largest absolute Gasteiger partial charge is 0.506 e. The first-order valence-electron chi connectivity index (χ1n) is 12.7. The van der Waals surface area contributed by atoms with Gasteiger partial charge in [-0.1, -0.05) is 6.07 Å². The predicted molar refractivity (Wildman–Crippen MR) is 162 cm³/mol. The van der Waals surface area contributed by atoms with Crippen LogP contribution in [-0.2, 0) is 10.1 Å². The number of nitrogens with one attached hydrogen (secondary N) is 1. The van der Waals surface area contributed by atoms with E-state index in [2.05, 4.69) is 15.2 Å². The van der Waals surface area contributed by atoms with Gasteiger partial charge in [-0.05, 0) is 59.3 Å². The lowest BCUT2D eigenvalue weighted by atomic mass is 9.92. The Hall–Kier alpha value is -6.66. The molecule has 0 unspecified atom stereocenters. The van der Waals surface area contributed by atoms with Gasteiger partial charge >= 0.3 is 23.9 Å². The molecule has 47 heavy (non-hydrogen) atoms. The quantitative estimate of drug-likeness (QED) is 0.0659. The lowest BCUT2D eigenvalue weighted by molar-refractivity contribution is 0.0652. The number of nitrogens with two attached hydrogens (primary N) is 1. The average molecular weight is 663 g/mol. The van der Waals surface area contributed by atoms with Gasteiger partial charge in [-0.15, -0.1) is 10.2 Å². The fourth-order valence-electron chi connectivity index (χ4n) is 4.84. The van der Waals surface area contributed by atoms with Crippen molar-refractivity contribution in [3.8, 4) is 16.9 Å². The first-order chi connectivity index (χ1) is 22.0. The first-order valence-corrected chi connectivity index (χ1v) is 14.2. The van der Waals surface area contributed by atoms with Gasteiger partial charge in [0, 0.05) is 22.0 Å². The van der Waals surface area contributed by atoms with Crippen LogP contribution in [0.3, 0.4) is 0 Å². The summed E-state index contributed by atoms with van der Waals surface area (Å²) in [5.41, 5.74) is 0.201. The van der Waals surface area contributed by atoms with Crippen LogP contribution in [0.15, 0.2) is 74.5 Å². The van der Waals surface area contributed by atoms with E-state index < -0.39 is 94.8 Å². The highest BCUT2D eigenvalue weighted by Gasteiger charge is 2.26. The van der Waals surface area contributed by atoms with Crippen LogP contribution in [0.2, 0.25) is 0 Å². The molecule has 0 amide bonds. The number of benzene rings is 4. The molecule has 5 aromatic rings. The SMILES string of the molecule is Nc1ccc2cc(S(=O)(=O)O)cc(N=Nc3[nH]c(=O)c(-c4cc(C(=O)O)cc(C(=O)O)c4O)c4cc(C(=O)O)c(C(=O)O)cc34)c2c1. The highest BCUT2D eigenvalue weighted by atomic mass is 32.2. The highest BCUT2D eigenvalue weighted by Crippen LogP contribution is 2.40. The van der Waals surface area contributed by atoms with Crippen LogP contribution in [0.5, 0.6) is 5.75 Å². The second kappa shape index (κ2) is 11.4. The normalized spacial score (nSPS) is 11.7. The molecule has 0 spiro atoms. The smallest absolute Gasteiger partial charge is 0.339 e. The Balaban J connectivity index is 1.90. The van der Waals surface area contributed by atoms with Crippen molar-refractivity contribution in [1.29, 1.82) is 0 Å². The summed E-state index contributed by atoms with van der Waals surface area (Å²) in [6, 6.07) is 9.28. The summed E-state index contributed by atoms with van der Waals surface area (Å²) in [6.07, 6.45) is 0. The molecule has 4 aromatic carbocycles. The molecule has 9 N–H and O–H groups in total. The maximum absolute atomic E-state index is 13.6. The molecule has 0 fully saturated rings. The van der Waals surface area contributed by atoms with Gasteiger partial charge in [0.2, 0.25) is 0 Å². The topological polar surface area (TPSA) is 307 Å². The van der Waals surface area contributed by atoms with Crippen LogP contribution >= 0.6 is 0 Å². The van der Waals surface area contributed by atoms with Crippen molar-refractivity contribution >= 4 is 72.7 Å². The Labute approximate surface area is 260 Å². The number of rotatable bonds is 8. The molecule has 0 aliphatic rings. The zero-order valence-corrected chi connectivity index (χ0v) is 23.9. The summed E-state index contributed by atoms with van der Waals surface area (Å²) in [7, 11) is -4.76. The molecule has 18 heteroatoms. The number of fused-ring (bicyclic) bond motifs is 2. The number of phenols is 1. The number of pyridine rings is 1. The van der Waals surface area contributed by atoms with Gasteiger partial charge in [0.05, 0.1) is 32.8 Å². The van der Waals surface area contributed by atoms with Gasteiger partial charge in [0.25, 0.3) is 15.7 Å². The van der Waals surface area contributed by atoms with Crippen LogP contribution in [-0.4, -0.2) is 67.4 Å². The van der Waals surface area contributed by atoms with Crippen molar-refractivity contribution in [3.05, 3.63) is 87.2 Å². The fourth-order valence-corrected chi connectivity index (χ4v) is 5.37. The fraction of sp³-hybridized carbons (Fsp3) is 0. The number of anilines is 1. The Morgan fingerprint density at radius 3 is 1.91 bits per heavy atom. The van der Waals surface area contributed by atoms with E-state index in [0.717, 1.165) is 30.3 Å². The minimum absolute atomic E-state index is 0.195. The molecule has 0 aliphatic carbocycles. The molecule has 0 radical (unpaired) electrons. The predicted octanol–water partition coefficient (Wildman–Crippen LogP) is 4.09. The summed E-state index contributed by atoms with van der Waals surface area (Å²) < 4.78 is 33.5. The van der Waals surface area contributed by atoms with Crippen molar-refractivity contribution < 1.29 is 57.7 Å². The molecular formula is C29H18N4O13S. The molecule has 1 aromatic heterocycles. The maximum atomic E-state index is 13.6. The molecule has 17 nitrogen and oxygen atoms in total. The third-order valence-electron chi connectivity index (χ3n) is 6.94. The van der Waals surface area contributed by atoms with Crippen LogP contribution in [0.4, 0.5) is 17.2 Å². The number of carbonyl (C=O) groups is 4. The molecule has 1 heterocycles. The lowest BCUT2D eigenvalue weighted by Crippen LogP contribution is -2.14. The number of hydrogen-bond donors (Lipinski definition) is 8. The molecule has 0 atom stereocenters. The number of H-pyrrole nitrogens is 1. The van der Waals surface area contributed by atoms with Crippen molar-refractivity contribution in [1.82, 2.24) is 4.98 Å². The summed E-state index contributed by atoms with van der Waals surface area (Å²) >= 11 is 0. The minimum Gasteiger partial charge on any atom is -0.506 e. The number of aromatic amines is 1. The summed E-state index contributed by atoms with van der Waals surface area (Å²) in [5.74, 6) is -8.45. The second-order valence-electron chi connectivity index (χ2n) is 9.86. The van der Waals surface area contributed by atoms with Crippen molar-refractivity contribution in [2.45, 2.75) is 4.90 Å². The van der Waals surface area contributed by atoms with E-state index in [1.165, 1.54) is 18.2 Å². The van der Waals surface area contributed by atoms with E-state index in [4.69, 9.17) is 5.73 Å². The number of hydrogen-bond acceptors (Lipinski definition) is 11. The number of nitrogen functional groups attached to an aromatic ring is 1. The third-order valence-corrected chi connectivity index (χ3v) is 7.78. The van der Waals surface area contributed by atoms with Crippen molar-refractivity contribution in [2.75, 3.05) is 5.73 Å². The number of carboxylic acid groups (broad SMARTS) is 4. The van der Waals surface area contributed by atoms with E-state index >= 15 is 0 Å². The zero-order valence-electron chi connectivity index (χ0n) is 23.1. The van der Waals surface area contributed by atoms with Gasteiger partial charge in [-0.3, -0.25) is 9.35 Å². The van der Waals surface area contributed by atoms with Crippen molar-refractivity contribution in [2.24, 2.45) is 10.2 Å². The molecule has 0 saturated carbocycles. The Bertz CT molecular complexity index is 2450. The Kier molecular flexibility index (Phi) is 7.68. The minimum atomic E-state index is -4.76. The number of aromatic hydroxyl groups is 1. The zero-order chi connectivity index (χ0) is 34.5. The van der Waals surface area contributed by atoms with Gasteiger partial charge in [0.1, 0.15) is 11.3 Å². The molecule has 5 rings (SSSR count). The van der Waals surface area contributed by atoms with Gasteiger partial charge < -0.3 is 36.3 Å².